The Hall–Kier alpha value is -1.17. The van der Waals surface area contributed by atoms with Crippen LogP contribution < -0.4 is 4.74 Å². The van der Waals surface area contributed by atoms with Crippen molar-refractivity contribution in [1.29, 1.82) is 0 Å². The SMILES string of the molecule is O=C(O)C(Cl)C(Oc1c(Cl)cccc1Cl)C(=O)O. The molecule has 2 unspecified atom stereocenters. The highest BCUT2D eigenvalue weighted by Crippen LogP contribution is 2.33. The van der Waals surface area contributed by atoms with E-state index in [0.29, 0.717) is 0 Å². The number of rotatable bonds is 5. The maximum absolute atomic E-state index is 10.9. The summed E-state index contributed by atoms with van der Waals surface area (Å²) in [6.07, 6.45) is -1.80. The van der Waals surface area contributed by atoms with Crippen LogP contribution in [0.5, 0.6) is 5.75 Å². The Morgan fingerprint density at radius 1 is 1.11 bits per heavy atom. The van der Waals surface area contributed by atoms with Gasteiger partial charge in [0.15, 0.2) is 11.1 Å². The van der Waals surface area contributed by atoms with E-state index in [9.17, 15) is 9.59 Å². The Morgan fingerprint density at radius 3 is 2.00 bits per heavy atom. The van der Waals surface area contributed by atoms with Crippen LogP contribution in [-0.2, 0) is 9.59 Å². The Morgan fingerprint density at radius 2 is 1.61 bits per heavy atom. The minimum absolute atomic E-state index is 0.0583. The highest BCUT2D eigenvalue weighted by atomic mass is 35.5. The van der Waals surface area contributed by atoms with E-state index in [1.165, 1.54) is 18.2 Å². The quantitative estimate of drug-likeness (QED) is 0.816. The second-order valence-corrected chi connectivity index (χ2v) is 4.45. The third kappa shape index (κ3) is 3.41. The highest BCUT2D eigenvalue weighted by molar-refractivity contribution is 6.37. The van der Waals surface area contributed by atoms with Gasteiger partial charge in [-0.25, -0.2) is 4.79 Å². The van der Waals surface area contributed by atoms with Crippen molar-refractivity contribution in [2.75, 3.05) is 0 Å². The summed E-state index contributed by atoms with van der Waals surface area (Å²) in [6.45, 7) is 0. The molecule has 0 radical (unpaired) electrons. The monoisotopic (exact) mass is 312 g/mol. The summed E-state index contributed by atoms with van der Waals surface area (Å²) in [5.41, 5.74) is 0. The van der Waals surface area contributed by atoms with E-state index in [-0.39, 0.29) is 15.8 Å². The summed E-state index contributed by atoms with van der Waals surface area (Å²) in [5.74, 6) is -3.18. The number of para-hydroxylation sites is 1. The fourth-order valence-corrected chi connectivity index (χ4v) is 1.73. The third-order valence-electron chi connectivity index (χ3n) is 1.91. The van der Waals surface area contributed by atoms with Crippen molar-refractivity contribution >= 4 is 46.7 Å². The third-order valence-corrected chi connectivity index (χ3v) is 2.92. The zero-order valence-corrected chi connectivity index (χ0v) is 10.9. The molecule has 0 aromatic heterocycles. The number of alkyl halides is 1. The fourth-order valence-electron chi connectivity index (χ4n) is 1.09. The van der Waals surface area contributed by atoms with Gasteiger partial charge in [-0.15, -0.1) is 11.6 Å². The molecule has 0 bridgehead atoms. The van der Waals surface area contributed by atoms with Crippen LogP contribution in [0.25, 0.3) is 0 Å². The average molecular weight is 314 g/mol. The predicted octanol–water partition coefficient (Wildman–Crippen LogP) is 2.52. The van der Waals surface area contributed by atoms with Crippen molar-refractivity contribution in [2.45, 2.75) is 11.5 Å². The zero-order chi connectivity index (χ0) is 13.9. The summed E-state index contributed by atoms with van der Waals surface area (Å²) >= 11 is 17.0. The zero-order valence-electron chi connectivity index (χ0n) is 8.64. The molecule has 1 aromatic rings. The molecule has 1 rings (SSSR count). The number of aliphatic carboxylic acids is 2. The number of halogens is 3. The molecule has 0 aliphatic carbocycles. The van der Waals surface area contributed by atoms with E-state index in [2.05, 4.69) is 0 Å². The molecule has 18 heavy (non-hydrogen) atoms. The lowest BCUT2D eigenvalue weighted by atomic mass is 10.2. The van der Waals surface area contributed by atoms with Crippen LogP contribution in [0.15, 0.2) is 18.2 Å². The second-order valence-electron chi connectivity index (χ2n) is 3.17. The largest absolute Gasteiger partial charge is 0.480 e. The molecule has 98 valence electrons. The Labute approximate surface area is 117 Å². The molecule has 0 fully saturated rings. The van der Waals surface area contributed by atoms with E-state index in [1.54, 1.807) is 0 Å². The number of hydrogen-bond acceptors (Lipinski definition) is 3. The van der Waals surface area contributed by atoms with Gasteiger partial charge in [0.2, 0.25) is 6.10 Å². The topological polar surface area (TPSA) is 83.8 Å². The Bertz CT molecular complexity index is 456. The van der Waals surface area contributed by atoms with E-state index >= 15 is 0 Å². The van der Waals surface area contributed by atoms with E-state index in [0.717, 1.165) is 0 Å². The molecule has 0 aliphatic heterocycles. The van der Waals surface area contributed by atoms with Crippen molar-refractivity contribution in [3.63, 3.8) is 0 Å². The first-order valence-corrected chi connectivity index (χ1v) is 5.74. The lowest BCUT2D eigenvalue weighted by Gasteiger charge is -2.18. The van der Waals surface area contributed by atoms with E-state index in [1.807, 2.05) is 0 Å². The van der Waals surface area contributed by atoms with Gasteiger partial charge < -0.3 is 14.9 Å². The molecule has 2 N–H and O–H groups in total. The molecule has 5 nitrogen and oxygen atoms in total. The maximum atomic E-state index is 10.9. The summed E-state index contributed by atoms with van der Waals surface area (Å²) in [6, 6.07) is 4.38. The van der Waals surface area contributed by atoms with Gasteiger partial charge in [0.25, 0.3) is 0 Å². The van der Waals surface area contributed by atoms with Crippen LogP contribution in [0.3, 0.4) is 0 Å². The van der Waals surface area contributed by atoms with Gasteiger partial charge in [0.1, 0.15) is 0 Å². The minimum Gasteiger partial charge on any atom is -0.480 e. The van der Waals surface area contributed by atoms with Crippen molar-refractivity contribution < 1.29 is 24.5 Å². The molecule has 2 atom stereocenters. The highest BCUT2D eigenvalue weighted by Gasteiger charge is 2.35. The standard InChI is InChI=1S/C10H7Cl3O5/c11-4-2-1-3-5(12)7(4)18-8(10(16)17)6(13)9(14)15/h1-3,6,8H,(H,14,15)(H,16,17). The molecule has 0 amide bonds. The van der Waals surface area contributed by atoms with Gasteiger partial charge in [0, 0.05) is 0 Å². The normalized spacial score (nSPS) is 13.7. The van der Waals surface area contributed by atoms with Crippen molar-refractivity contribution in [2.24, 2.45) is 0 Å². The second kappa shape index (κ2) is 6.13. The summed E-state index contributed by atoms with van der Waals surface area (Å²) in [5, 5.41) is 15.9. The van der Waals surface area contributed by atoms with E-state index in [4.69, 9.17) is 49.8 Å². The van der Waals surface area contributed by atoms with Gasteiger partial charge in [-0.1, -0.05) is 29.3 Å². The summed E-state index contributed by atoms with van der Waals surface area (Å²) in [7, 11) is 0. The van der Waals surface area contributed by atoms with Crippen molar-refractivity contribution in [3.05, 3.63) is 28.2 Å². The number of carboxylic acids is 2. The molecule has 8 heteroatoms. The van der Waals surface area contributed by atoms with Crippen LogP contribution in [0.2, 0.25) is 10.0 Å². The van der Waals surface area contributed by atoms with Gasteiger partial charge in [-0.3, -0.25) is 4.79 Å². The van der Waals surface area contributed by atoms with Crippen LogP contribution in [0, 0.1) is 0 Å². The molecule has 0 saturated heterocycles. The van der Waals surface area contributed by atoms with Gasteiger partial charge in [-0.2, -0.15) is 0 Å². The molecule has 1 aromatic carbocycles. The smallest absolute Gasteiger partial charge is 0.347 e. The van der Waals surface area contributed by atoms with Gasteiger partial charge in [0.05, 0.1) is 10.0 Å². The summed E-state index contributed by atoms with van der Waals surface area (Å²) in [4.78, 5) is 21.6. The number of carbonyl (C=O) groups is 2. The molecule has 0 heterocycles. The molecule has 0 aliphatic rings. The van der Waals surface area contributed by atoms with Crippen LogP contribution in [0.4, 0.5) is 0 Å². The van der Waals surface area contributed by atoms with Crippen molar-refractivity contribution in [1.82, 2.24) is 0 Å². The molecule has 0 spiro atoms. The predicted molar refractivity (Wildman–Crippen MR) is 65.8 cm³/mol. The van der Waals surface area contributed by atoms with Crippen LogP contribution in [-0.4, -0.2) is 33.6 Å². The Balaban J connectivity index is 3.05. The average Bonchev–Trinajstić information content (AvgIpc) is 2.27. The first-order valence-electron chi connectivity index (χ1n) is 4.55. The lowest BCUT2D eigenvalue weighted by molar-refractivity contribution is -0.151. The first kappa shape index (κ1) is 14.9. The van der Waals surface area contributed by atoms with Crippen molar-refractivity contribution in [3.8, 4) is 5.75 Å². The maximum Gasteiger partial charge on any atom is 0.347 e. The number of hydrogen-bond donors (Lipinski definition) is 2. The molecular weight excluding hydrogens is 306 g/mol. The number of ether oxygens (including phenoxy) is 1. The van der Waals surface area contributed by atoms with Crippen LogP contribution >= 0.6 is 34.8 Å². The fraction of sp³-hybridized carbons (Fsp3) is 0.200. The number of carboxylic acid groups (broad SMARTS) is 2. The van der Waals surface area contributed by atoms with Gasteiger partial charge >= 0.3 is 11.9 Å². The molecule has 0 saturated carbocycles. The van der Waals surface area contributed by atoms with Gasteiger partial charge in [-0.05, 0) is 12.1 Å². The van der Waals surface area contributed by atoms with Crippen LogP contribution in [0.1, 0.15) is 0 Å². The molecular formula is C10H7Cl3O5. The first-order chi connectivity index (χ1) is 8.34. The number of benzene rings is 1. The van der Waals surface area contributed by atoms with E-state index < -0.39 is 23.4 Å². The summed E-state index contributed by atoms with van der Waals surface area (Å²) < 4.78 is 4.98. The minimum atomic E-state index is -1.80. The Kier molecular flexibility index (Phi) is 5.07. The lowest BCUT2D eigenvalue weighted by Crippen LogP contribution is -2.40.